The number of nitrogens with zero attached hydrogens (tertiary/aromatic N) is 11. The molecule has 12 aromatic rings. The van der Waals surface area contributed by atoms with Gasteiger partial charge in [0.25, 0.3) is 0 Å². The maximum absolute atomic E-state index is 14.6. The molecular formula is C83H85F3N12O12. The van der Waals surface area contributed by atoms with Crippen molar-refractivity contribution in [1.82, 2.24) is 59.4 Å². The largest absolute Gasteiger partial charge is 0.494 e. The van der Waals surface area contributed by atoms with Gasteiger partial charge in [-0.25, -0.2) is 4.79 Å². The van der Waals surface area contributed by atoms with E-state index in [0.717, 1.165) is 118 Å². The summed E-state index contributed by atoms with van der Waals surface area (Å²) >= 11 is 0. The van der Waals surface area contributed by atoms with Crippen LogP contribution in [0.1, 0.15) is 77.4 Å². The third kappa shape index (κ3) is 16.4. The molecule has 6 aromatic heterocycles. The summed E-state index contributed by atoms with van der Waals surface area (Å²) in [5.41, 5.74) is 6.85. The van der Waals surface area contributed by atoms with Gasteiger partial charge in [-0.15, -0.1) is 0 Å². The number of nitrogens with one attached hydrogen (secondary N) is 1. The van der Waals surface area contributed by atoms with Crippen LogP contribution in [0, 0.1) is 17.5 Å². The Bertz CT molecular complexity index is 5260. The summed E-state index contributed by atoms with van der Waals surface area (Å²) in [6.07, 6.45) is 17.0. The molecule has 3 aliphatic rings. The van der Waals surface area contributed by atoms with Crippen molar-refractivity contribution in [3.05, 3.63) is 195 Å². The fourth-order valence-corrected chi connectivity index (χ4v) is 13.8. The number of ether oxygens (including phenoxy) is 10. The second kappa shape index (κ2) is 33.8. The molecule has 9 heterocycles. The zero-order chi connectivity index (χ0) is 77.2. The smallest absolute Gasteiger partial charge is 0.410 e. The van der Waals surface area contributed by atoms with E-state index in [2.05, 4.69) is 31.5 Å². The summed E-state index contributed by atoms with van der Waals surface area (Å²) in [5.74, 6) is 2.23. The molecule has 0 spiro atoms. The number of carbonyl (C=O) groups excluding carboxylic acids is 2. The SMILES string of the molecule is C=CC(=O)N1CCC[C@@H](n2nc(-c3ccc(Oc4cccc(OC)c4F)cc3)c3cncc(OC)c32)C1.COc1cccc(Oc2ccc(-c3nn([C@@H]4CCCN(C(=O)OC(C)(C)C)C4)c4c(OC)cncc34)cc2)c1F.COc1cccc(Oc2ccc(-c3nn([C@@H]4CCCNC4)c4c(OC)cncc34)cc2)c1F. The van der Waals surface area contributed by atoms with Gasteiger partial charge in [-0.2, -0.15) is 28.5 Å². The van der Waals surface area contributed by atoms with E-state index in [4.69, 9.17) is 62.7 Å². The van der Waals surface area contributed by atoms with Crippen LogP contribution in [0.15, 0.2) is 177 Å². The molecule has 0 saturated carbocycles. The molecule has 6 aromatic carbocycles. The summed E-state index contributed by atoms with van der Waals surface area (Å²) in [6.45, 7) is 13.4. The van der Waals surface area contributed by atoms with E-state index < -0.39 is 23.1 Å². The Morgan fingerprint density at radius 2 is 0.782 bits per heavy atom. The molecule has 27 heteroatoms. The Labute approximate surface area is 633 Å². The van der Waals surface area contributed by atoms with Gasteiger partial charge in [0.2, 0.25) is 23.4 Å². The van der Waals surface area contributed by atoms with E-state index in [0.29, 0.717) is 60.7 Å². The van der Waals surface area contributed by atoms with E-state index >= 15 is 0 Å². The number of hydrogen-bond donors (Lipinski definition) is 1. The average Bonchev–Trinajstić information content (AvgIpc) is 1.62. The summed E-state index contributed by atoms with van der Waals surface area (Å²) in [6, 6.07) is 36.4. The Morgan fingerprint density at radius 3 is 1.12 bits per heavy atom. The molecule has 15 rings (SSSR count). The molecule has 3 aliphatic heterocycles. The van der Waals surface area contributed by atoms with Crippen molar-refractivity contribution in [2.24, 2.45) is 0 Å². The van der Waals surface area contributed by atoms with E-state index in [1.165, 1.54) is 39.5 Å². The van der Waals surface area contributed by atoms with Crippen LogP contribution < -0.4 is 47.9 Å². The molecule has 0 bridgehead atoms. The molecular weight excluding hydrogens is 1410 g/mol. The van der Waals surface area contributed by atoms with Crippen LogP contribution in [-0.4, -0.2) is 154 Å². The first-order valence-electron chi connectivity index (χ1n) is 36.0. The van der Waals surface area contributed by atoms with Crippen molar-refractivity contribution in [2.75, 3.05) is 81.9 Å². The fraction of sp³-hybridized carbons (Fsp3) is 0.301. The molecule has 1 N–H and O–H groups in total. The highest BCUT2D eigenvalue weighted by Gasteiger charge is 2.33. The van der Waals surface area contributed by atoms with Gasteiger partial charge < -0.3 is 62.5 Å². The van der Waals surface area contributed by atoms with Crippen LogP contribution in [0.5, 0.6) is 69.0 Å². The van der Waals surface area contributed by atoms with Gasteiger partial charge in [0.1, 0.15) is 56.5 Å². The lowest BCUT2D eigenvalue weighted by molar-refractivity contribution is -0.127. The minimum absolute atomic E-state index is 0.0242. The third-order valence-corrected chi connectivity index (χ3v) is 19.1. The number of halogens is 3. The van der Waals surface area contributed by atoms with Crippen LogP contribution in [0.4, 0.5) is 18.0 Å². The maximum Gasteiger partial charge on any atom is 0.410 e. The van der Waals surface area contributed by atoms with E-state index in [9.17, 15) is 22.8 Å². The number of amides is 2. The minimum atomic E-state index is -0.571. The van der Waals surface area contributed by atoms with Crippen LogP contribution in [0.25, 0.3) is 66.5 Å². The fourth-order valence-electron chi connectivity index (χ4n) is 13.8. The molecule has 570 valence electrons. The number of carbonyl (C=O) groups is 2. The van der Waals surface area contributed by atoms with Crippen LogP contribution >= 0.6 is 0 Å². The summed E-state index contributed by atoms with van der Waals surface area (Å²) < 4.78 is 104. The Kier molecular flexibility index (Phi) is 23.3. The second-order valence-electron chi connectivity index (χ2n) is 27.3. The Hall–Kier alpha value is -12.4. The van der Waals surface area contributed by atoms with Gasteiger partial charge in [-0.1, -0.05) is 24.8 Å². The third-order valence-electron chi connectivity index (χ3n) is 19.1. The van der Waals surface area contributed by atoms with E-state index in [-0.39, 0.29) is 64.6 Å². The number of fused-ring (bicyclic) bond motifs is 3. The molecule has 0 unspecified atom stereocenters. The summed E-state index contributed by atoms with van der Waals surface area (Å²) in [4.78, 5) is 41.7. The molecule has 3 fully saturated rings. The van der Waals surface area contributed by atoms with Crippen molar-refractivity contribution >= 4 is 44.7 Å². The van der Waals surface area contributed by atoms with Gasteiger partial charge in [0.05, 0.1) is 95.5 Å². The van der Waals surface area contributed by atoms with E-state index in [1.807, 2.05) is 72.7 Å². The topological polar surface area (TPSA) is 237 Å². The first-order valence-corrected chi connectivity index (χ1v) is 36.0. The number of rotatable bonds is 19. The number of hydrogen-bond acceptors (Lipinski definition) is 19. The van der Waals surface area contributed by atoms with Crippen molar-refractivity contribution in [2.45, 2.75) is 83.0 Å². The molecule has 2 amide bonds. The molecule has 3 atom stereocenters. The second-order valence-corrected chi connectivity index (χ2v) is 27.3. The lowest BCUT2D eigenvalue weighted by atomic mass is 10.1. The summed E-state index contributed by atoms with van der Waals surface area (Å²) in [7, 11) is 9.10. The van der Waals surface area contributed by atoms with Gasteiger partial charge in [0.15, 0.2) is 51.7 Å². The normalized spacial score (nSPS) is 15.7. The number of benzene rings is 6. The molecule has 24 nitrogen and oxygen atoms in total. The van der Waals surface area contributed by atoms with Crippen molar-refractivity contribution in [3.63, 3.8) is 0 Å². The van der Waals surface area contributed by atoms with Crippen molar-refractivity contribution < 1.29 is 70.1 Å². The molecule has 0 aliphatic carbocycles. The van der Waals surface area contributed by atoms with E-state index in [1.54, 1.807) is 141 Å². The van der Waals surface area contributed by atoms with Gasteiger partial charge in [-0.05, 0) is 181 Å². The predicted molar refractivity (Wildman–Crippen MR) is 410 cm³/mol. The van der Waals surface area contributed by atoms with Crippen LogP contribution in [0.3, 0.4) is 0 Å². The Balaban J connectivity index is 0.000000146. The van der Waals surface area contributed by atoms with Crippen LogP contribution in [-0.2, 0) is 9.53 Å². The highest BCUT2D eigenvalue weighted by molar-refractivity contribution is 5.98. The van der Waals surface area contributed by atoms with Crippen molar-refractivity contribution in [3.8, 4) is 103 Å². The number of methoxy groups -OCH3 is 6. The van der Waals surface area contributed by atoms with Gasteiger partial charge in [-0.3, -0.25) is 33.8 Å². The average molecular weight is 1500 g/mol. The highest BCUT2D eigenvalue weighted by atomic mass is 19.1. The van der Waals surface area contributed by atoms with Gasteiger partial charge >= 0.3 is 6.09 Å². The highest BCUT2D eigenvalue weighted by Crippen LogP contribution is 2.43. The quantitative estimate of drug-likeness (QED) is 0.0740. The maximum atomic E-state index is 14.6. The first-order chi connectivity index (χ1) is 53.4. The monoisotopic (exact) mass is 1500 g/mol. The number of aromatic nitrogens is 9. The molecule has 0 radical (unpaired) electrons. The number of pyridine rings is 3. The minimum Gasteiger partial charge on any atom is -0.494 e. The van der Waals surface area contributed by atoms with Gasteiger partial charge in [0, 0.05) is 68.0 Å². The first kappa shape index (κ1) is 75.8. The lowest BCUT2D eigenvalue weighted by Gasteiger charge is -2.34. The molecule has 110 heavy (non-hydrogen) atoms. The van der Waals surface area contributed by atoms with Crippen molar-refractivity contribution in [1.29, 1.82) is 0 Å². The Morgan fingerprint density at radius 1 is 0.445 bits per heavy atom. The molecule has 3 saturated heterocycles. The zero-order valence-corrected chi connectivity index (χ0v) is 62.5. The zero-order valence-electron chi connectivity index (χ0n) is 62.5. The van der Waals surface area contributed by atoms with Crippen LogP contribution in [0.2, 0.25) is 0 Å². The number of piperidine rings is 3. The predicted octanol–water partition coefficient (Wildman–Crippen LogP) is 17.0. The summed E-state index contributed by atoms with van der Waals surface area (Å²) in [5, 5.41) is 21.0. The number of likely N-dealkylation sites (tertiary alicyclic amines) is 2. The lowest BCUT2D eigenvalue weighted by Crippen LogP contribution is -2.43. The standard InChI is InChI=1S/C30H33FN4O5.C28H27FN4O4.C25H25FN4O3/c1-30(2,3)40-29(36)34-15-7-8-20(18-34)35-28-22(16-32-17-25(28)38-5)27(33-35)19-11-13-21(14-12-19)39-24-10-6-9-23(37-4)26(24)31;1-4-25(34)32-14-6-7-19(17-32)33-28-21(15-30-16-24(28)36-3)27(31-33)18-10-12-20(13-11-18)37-23-9-5-8-22(35-2)26(23)29;1-31-20-6-3-7-21(23(20)26)33-18-10-8-16(9-11-18)24-19-14-28-15-22(32-2)25(19)30(29-24)17-5-4-12-27-13-17/h6,9-14,16-17,20H,7-8,15,18H2,1-5H3;4-5,8-13,15-16,19H,1,6-7,14,17H2,2-3H3;3,6-11,14-15,17,27H,4-5,12-13H2,1-2H3/t20-;19-;17-/m111/s1.